The second-order valence-corrected chi connectivity index (χ2v) is 5.46. The highest BCUT2D eigenvalue weighted by molar-refractivity contribution is 7.99. The molecule has 0 bridgehead atoms. The molecule has 0 aliphatic heterocycles. The van der Waals surface area contributed by atoms with E-state index in [0.717, 1.165) is 16.3 Å². The van der Waals surface area contributed by atoms with Gasteiger partial charge in [-0.25, -0.2) is 0 Å². The first-order valence-corrected chi connectivity index (χ1v) is 7.03. The first kappa shape index (κ1) is 15.8. The zero-order chi connectivity index (χ0) is 15.6. The van der Waals surface area contributed by atoms with E-state index in [9.17, 15) is 18.0 Å². The number of carbonyl (C=O) groups excluding carboxylic acids is 1. The van der Waals surface area contributed by atoms with Crippen molar-refractivity contribution in [1.82, 2.24) is 14.8 Å². The van der Waals surface area contributed by atoms with Crippen LogP contribution in [0, 0.1) is 0 Å². The van der Waals surface area contributed by atoms with Crippen molar-refractivity contribution in [2.24, 2.45) is 7.05 Å². The van der Waals surface area contributed by atoms with Gasteiger partial charge in [-0.05, 0) is 24.3 Å². The number of rotatable bonds is 4. The average molecular weight is 336 g/mol. The van der Waals surface area contributed by atoms with Crippen LogP contribution in [0.3, 0.4) is 0 Å². The maximum atomic E-state index is 12.6. The largest absolute Gasteiger partial charge is 0.451 e. The first-order chi connectivity index (χ1) is 9.79. The molecule has 0 fully saturated rings. The number of benzene rings is 1. The van der Waals surface area contributed by atoms with E-state index >= 15 is 0 Å². The number of Topliss-reactive ketones (excluding diaryl/α,β-unsaturated/α-hetero) is 1. The smallest absolute Gasteiger partial charge is 0.302 e. The van der Waals surface area contributed by atoms with Crippen LogP contribution in [0.15, 0.2) is 29.4 Å². The van der Waals surface area contributed by atoms with E-state index in [1.54, 1.807) is 24.3 Å². The minimum atomic E-state index is -4.57. The molecule has 9 heteroatoms. The third-order valence-corrected chi connectivity index (χ3v) is 3.86. The Kier molecular flexibility index (Phi) is 4.58. The summed E-state index contributed by atoms with van der Waals surface area (Å²) in [5.41, 5.74) is 0.435. The molecule has 1 heterocycles. The highest BCUT2D eigenvalue weighted by atomic mass is 35.5. The van der Waals surface area contributed by atoms with Gasteiger partial charge >= 0.3 is 6.18 Å². The van der Waals surface area contributed by atoms with Crippen LogP contribution in [0.5, 0.6) is 0 Å². The topological polar surface area (TPSA) is 47.8 Å². The van der Waals surface area contributed by atoms with Crippen LogP contribution in [0.25, 0.3) is 0 Å². The molecule has 0 saturated heterocycles. The van der Waals surface area contributed by atoms with Gasteiger partial charge in [0.05, 0.1) is 5.75 Å². The van der Waals surface area contributed by atoms with Crippen LogP contribution in [-0.2, 0) is 13.2 Å². The van der Waals surface area contributed by atoms with Crippen LogP contribution >= 0.6 is 23.4 Å². The first-order valence-electron chi connectivity index (χ1n) is 5.67. The van der Waals surface area contributed by atoms with Gasteiger partial charge in [0.15, 0.2) is 10.9 Å². The van der Waals surface area contributed by atoms with E-state index in [2.05, 4.69) is 10.2 Å². The lowest BCUT2D eigenvalue weighted by Gasteiger charge is -2.06. The van der Waals surface area contributed by atoms with Crippen LogP contribution in [-0.4, -0.2) is 26.3 Å². The number of alkyl halides is 3. The van der Waals surface area contributed by atoms with Gasteiger partial charge in [0.1, 0.15) is 0 Å². The summed E-state index contributed by atoms with van der Waals surface area (Å²) in [6, 6.07) is 6.26. The molecule has 0 radical (unpaired) electrons. The predicted octanol–water partition coefficient (Wildman–Crippen LogP) is 3.46. The molecular formula is C12H9ClF3N3OS. The van der Waals surface area contributed by atoms with Crippen molar-refractivity contribution >= 4 is 29.1 Å². The molecule has 0 N–H and O–H groups in total. The Labute approximate surface area is 127 Å². The second-order valence-electron chi connectivity index (χ2n) is 4.08. The highest BCUT2D eigenvalue weighted by Gasteiger charge is 2.37. The van der Waals surface area contributed by atoms with Crippen LogP contribution < -0.4 is 0 Å². The Hall–Kier alpha value is -1.54. The maximum Gasteiger partial charge on any atom is 0.451 e. The van der Waals surface area contributed by atoms with E-state index in [0.29, 0.717) is 10.6 Å². The molecule has 21 heavy (non-hydrogen) atoms. The van der Waals surface area contributed by atoms with Crippen molar-refractivity contribution in [2.75, 3.05) is 5.75 Å². The molecule has 1 aromatic heterocycles. The predicted molar refractivity (Wildman–Crippen MR) is 72.5 cm³/mol. The molecule has 1 aromatic carbocycles. The molecule has 0 aliphatic carbocycles. The average Bonchev–Trinajstić information content (AvgIpc) is 2.78. The summed E-state index contributed by atoms with van der Waals surface area (Å²) in [5.74, 6) is -1.36. The summed E-state index contributed by atoms with van der Waals surface area (Å²) in [6.07, 6.45) is -4.57. The summed E-state index contributed by atoms with van der Waals surface area (Å²) in [5, 5.41) is 7.07. The van der Waals surface area contributed by atoms with Gasteiger partial charge in [-0.2, -0.15) is 13.2 Å². The van der Waals surface area contributed by atoms with E-state index < -0.39 is 12.0 Å². The molecule has 0 spiro atoms. The summed E-state index contributed by atoms with van der Waals surface area (Å²) >= 11 is 6.61. The van der Waals surface area contributed by atoms with E-state index in [1.807, 2.05) is 0 Å². The lowest BCUT2D eigenvalue weighted by Crippen LogP contribution is -2.13. The number of halogens is 4. The highest BCUT2D eigenvalue weighted by Crippen LogP contribution is 2.29. The van der Waals surface area contributed by atoms with E-state index in [4.69, 9.17) is 11.6 Å². The Morgan fingerprint density at radius 2 is 1.90 bits per heavy atom. The quantitative estimate of drug-likeness (QED) is 0.634. The van der Waals surface area contributed by atoms with E-state index in [-0.39, 0.29) is 16.7 Å². The Morgan fingerprint density at radius 1 is 1.29 bits per heavy atom. The fraction of sp³-hybridized carbons (Fsp3) is 0.250. The number of nitrogens with zero attached hydrogens (tertiary/aromatic N) is 3. The van der Waals surface area contributed by atoms with Gasteiger partial charge in [0.25, 0.3) is 0 Å². The Morgan fingerprint density at radius 3 is 2.43 bits per heavy atom. The summed E-state index contributed by atoms with van der Waals surface area (Å²) < 4.78 is 38.5. The molecule has 112 valence electrons. The van der Waals surface area contributed by atoms with Gasteiger partial charge in [0.2, 0.25) is 5.82 Å². The van der Waals surface area contributed by atoms with Gasteiger partial charge in [0, 0.05) is 17.6 Å². The number of thioether (sulfide) groups is 1. The van der Waals surface area contributed by atoms with Crippen molar-refractivity contribution in [3.8, 4) is 0 Å². The minimum Gasteiger partial charge on any atom is -0.302 e. The van der Waals surface area contributed by atoms with Crippen LogP contribution in [0.4, 0.5) is 13.2 Å². The zero-order valence-electron chi connectivity index (χ0n) is 10.7. The minimum absolute atomic E-state index is 0.0321. The van der Waals surface area contributed by atoms with Gasteiger partial charge in [-0.1, -0.05) is 23.4 Å². The molecule has 0 saturated carbocycles. The molecule has 2 rings (SSSR count). The number of carbonyl (C=O) groups is 1. The molecule has 0 amide bonds. The summed E-state index contributed by atoms with van der Waals surface area (Å²) in [4.78, 5) is 11.9. The van der Waals surface area contributed by atoms with Gasteiger partial charge < -0.3 is 4.57 Å². The van der Waals surface area contributed by atoms with Crippen molar-refractivity contribution in [3.63, 3.8) is 0 Å². The van der Waals surface area contributed by atoms with E-state index in [1.165, 1.54) is 7.05 Å². The molecule has 2 aromatic rings. The monoisotopic (exact) mass is 335 g/mol. The lowest BCUT2D eigenvalue weighted by atomic mass is 10.1. The van der Waals surface area contributed by atoms with Gasteiger partial charge in [-0.3, -0.25) is 4.79 Å². The second kappa shape index (κ2) is 6.07. The summed E-state index contributed by atoms with van der Waals surface area (Å²) in [7, 11) is 1.21. The van der Waals surface area contributed by atoms with Gasteiger partial charge in [-0.15, -0.1) is 10.2 Å². The fourth-order valence-corrected chi connectivity index (χ4v) is 2.47. The zero-order valence-corrected chi connectivity index (χ0v) is 12.3. The summed E-state index contributed by atoms with van der Waals surface area (Å²) in [6.45, 7) is 0. The fourth-order valence-electron chi connectivity index (χ4n) is 1.54. The molecule has 4 nitrogen and oxygen atoms in total. The molecular weight excluding hydrogens is 327 g/mol. The van der Waals surface area contributed by atoms with Crippen molar-refractivity contribution < 1.29 is 18.0 Å². The van der Waals surface area contributed by atoms with Crippen LogP contribution in [0.2, 0.25) is 5.02 Å². The Balaban J connectivity index is 2.05. The molecule has 0 unspecified atom stereocenters. The van der Waals surface area contributed by atoms with Crippen molar-refractivity contribution in [3.05, 3.63) is 40.7 Å². The Bertz CT molecular complexity index is 655. The third kappa shape index (κ3) is 3.76. The third-order valence-electron chi connectivity index (χ3n) is 2.59. The standard InChI is InChI=1S/C12H9ClF3N3OS/c1-19-10(12(14,15)16)17-18-11(19)21-6-9(20)7-2-4-8(13)5-3-7/h2-5H,6H2,1H3. The lowest BCUT2D eigenvalue weighted by molar-refractivity contribution is -0.147. The number of aromatic nitrogens is 3. The number of hydrogen-bond acceptors (Lipinski definition) is 4. The molecule has 0 atom stereocenters. The van der Waals surface area contributed by atoms with Crippen molar-refractivity contribution in [1.29, 1.82) is 0 Å². The number of ketones is 1. The van der Waals surface area contributed by atoms with Crippen molar-refractivity contribution in [2.45, 2.75) is 11.3 Å². The van der Waals surface area contributed by atoms with Crippen LogP contribution in [0.1, 0.15) is 16.2 Å². The number of hydrogen-bond donors (Lipinski definition) is 0. The SMILES string of the molecule is Cn1c(SCC(=O)c2ccc(Cl)cc2)nnc1C(F)(F)F. The normalized spacial score (nSPS) is 11.7. The molecule has 0 aliphatic rings. The maximum absolute atomic E-state index is 12.6.